The minimum absolute atomic E-state index is 0.00303. The molecule has 1 aliphatic carbocycles. The Morgan fingerprint density at radius 1 is 0.935 bits per heavy atom. The van der Waals surface area contributed by atoms with E-state index < -0.39 is 0 Å². The Labute approximate surface area is 186 Å². The Kier molecular flexibility index (Phi) is 5.63. The average Bonchev–Trinajstić information content (AvgIpc) is 3.40. The third-order valence-electron chi connectivity index (χ3n) is 6.72. The molecule has 0 bridgehead atoms. The molecular formula is C24H27N3O3S. The maximum atomic E-state index is 13.1. The van der Waals surface area contributed by atoms with E-state index in [-0.39, 0.29) is 23.8 Å². The summed E-state index contributed by atoms with van der Waals surface area (Å²) in [6.07, 6.45) is 5.04. The first-order valence-corrected chi connectivity index (χ1v) is 12.1. The number of piperazine rings is 1. The molecule has 6 nitrogen and oxygen atoms in total. The van der Waals surface area contributed by atoms with Gasteiger partial charge in [0, 0.05) is 49.2 Å². The van der Waals surface area contributed by atoms with Crippen molar-refractivity contribution in [1.29, 1.82) is 0 Å². The predicted octanol–water partition coefficient (Wildman–Crippen LogP) is 3.63. The summed E-state index contributed by atoms with van der Waals surface area (Å²) < 4.78 is 0. The third-order valence-corrected chi connectivity index (χ3v) is 7.58. The summed E-state index contributed by atoms with van der Waals surface area (Å²) in [7, 11) is 0. The molecule has 3 heterocycles. The molecule has 2 aromatic rings. The summed E-state index contributed by atoms with van der Waals surface area (Å²) in [5.74, 6) is -0.495. The van der Waals surface area contributed by atoms with Crippen LogP contribution in [0.25, 0.3) is 0 Å². The fourth-order valence-corrected chi connectivity index (χ4v) is 5.72. The van der Waals surface area contributed by atoms with E-state index in [0.717, 1.165) is 45.3 Å². The lowest BCUT2D eigenvalue weighted by molar-refractivity contribution is 0.0548. The number of carbonyl (C=O) groups is 3. The lowest BCUT2D eigenvalue weighted by Crippen LogP contribution is -2.48. The summed E-state index contributed by atoms with van der Waals surface area (Å²) in [6, 6.07) is 9.21. The zero-order chi connectivity index (χ0) is 21.4. The molecule has 1 saturated carbocycles. The molecule has 0 unspecified atom stereocenters. The maximum absolute atomic E-state index is 13.1. The number of amides is 3. The summed E-state index contributed by atoms with van der Waals surface area (Å²) in [5, 5.41) is 2.09. The number of fused-ring (bicyclic) bond motifs is 1. The summed E-state index contributed by atoms with van der Waals surface area (Å²) in [4.78, 5) is 46.0. The topological polar surface area (TPSA) is 60.9 Å². The van der Waals surface area contributed by atoms with Crippen LogP contribution in [-0.4, -0.2) is 64.6 Å². The molecule has 3 amide bonds. The first-order valence-electron chi connectivity index (χ1n) is 11.2. The smallest absolute Gasteiger partial charge is 0.261 e. The van der Waals surface area contributed by atoms with Crippen LogP contribution in [0.3, 0.4) is 0 Å². The van der Waals surface area contributed by atoms with Crippen molar-refractivity contribution in [2.45, 2.75) is 44.7 Å². The summed E-state index contributed by atoms with van der Waals surface area (Å²) >= 11 is 1.76. The van der Waals surface area contributed by atoms with Crippen LogP contribution in [0.5, 0.6) is 0 Å². The van der Waals surface area contributed by atoms with Crippen molar-refractivity contribution in [2.24, 2.45) is 0 Å². The molecule has 1 saturated heterocycles. The van der Waals surface area contributed by atoms with Gasteiger partial charge in [0.05, 0.1) is 11.1 Å². The molecule has 0 N–H and O–H groups in total. The molecule has 162 valence electrons. The normalized spacial score (nSPS) is 20.4. The van der Waals surface area contributed by atoms with E-state index in [0.29, 0.717) is 29.8 Å². The number of imide groups is 1. The van der Waals surface area contributed by atoms with Crippen molar-refractivity contribution in [3.05, 3.63) is 57.3 Å². The van der Waals surface area contributed by atoms with Gasteiger partial charge in [0.15, 0.2) is 0 Å². The molecule has 2 fully saturated rings. The van der Waals surface area contributed by atoms with Gasteiger partial charge in [0.25, 0.3) is 17.7 Å². The molecule has 0 radical (unpaired) electrons. The van der Waals surface area contributed by atoms with Crippen molar-refractivity contribution in [2.75, 3.05) is 26.2 Å². The van der Waals surface area contributed by atoms with Crippen LogP contribution >= 0.6 is 11.3 Å². The Balaban J connectivity index is 1.26. The number of hydrogen-bond donors (Lipinski definition) is 0. The van der Waals surface area contributed by atoms with Gasteiger partial charge in [-0.3, -0.25) is 24.2 Å². The van der Waals surface area contributed by atoms with Gasteiger partial charge >= 0.3 is 0 Å². The standard InChI is InChI=1S/C24H27N3O3S/c28-22(26-12-10-25(11-13-26)16-19-7-4-14-31-19)17-8-9-20-21(15-17)24(30)27(23(20)29)18-5-2-1-3-6-18/h4,7-9,14-15,18H,1-3,5-6,10-13,16H2. The molecule has 1 aromatic carbocycles. The minimum atomic E-state index is -0.234. The van der Waals surface area contributed by atoms with Gasteiger partial charge in [-0.15, -0.1) is 11.3 Å². The fourth-order valence-electron chi connectivity index (χ4n) is 4.98. The largest absolute Gasteiger partial charge is 0.336 e. The molecule has 0 atom stereocenters. The van der Waals surface area contributed by atoms with Gasteiger partial charge in [0.1, 0.15) is 0 Å². The summed E-state index contributed by atoms with van der Waals surface area (Å²) in [5.41, 5.74) is 1.32. The van der Waals surface area contributed by atoms with Crippen LogP contribution in [0.1, 0.15) is 68.1 Å². The highest BCUT2D eigenvalue weighted by Crippen LogP contribution is 2.31. The van der Waals surface area contributed by atoms with Crippen molar-refractivity contribution >= 4 is 29.1 Å². The Hall–Kier alpha value is -2.51. The van der Waals surface area contributed by atoms with Crippen molar-refractivity contribution in [3.8, 4) is 0 Å². The number of nitrogens with zero attached hydrogens (tertiary/aromatic N) is 3. The number of rotatable bonds is 4. The van der Waals surface area contributed by atoms with Crippen LogP contribution in [0, 0.1) is 0 Å². The van der Waals surface area contributed by atoms with Crippen LogP contribution in [-0.2, 0) is 6.54 Å². The van der Waals surface area contributed by atoms with E-state index >= 15 is 0 Å². The SMILES string of the molecule is O=C(c1ccc2c(c1)C(=O)N(C1CCCCC1)C2=O)N1CCN(Cc2cccs2)CC1. The van der Waals surface area contributed by atoms with E-state index in [1.54, 1.807) is 29.5 Å². The lowest BCUT2D eigenvalue weighted by Gasteiger charge is -2.34. The van der Waals surface area contributed by atoms with Gasteiger partial charge in [-0.1, -0.05) is 25.3 Å². The average molecular weight is 438 g/mol. The van der Waals surface area contributed by atoms with Crippen LogP contribution in [0.15, 0.2) is 35.7 Å². The second kappa shape index (κ2) is 8.55. The zero-order valence-corrected chi connectivity index (χ0v) is 18.4. The van der Waals surface area contributed by atoms with E-state index in [4.69, 9.17) is 0 Å². The van der Waals surface area contributed by atoms with Gasteiger partial charge in [-0.25, -0.2) is 0 Å². The molecular weight excluding hydrogens is 410 g/mol. The zero-order valence-electron chi connectivity index (χ0n) is 17.6. The van der Waals surface area contributed by atoms with E-state index in [1.165, 1.54) is 16.2 Å². The van der Waals surface area contributed by atoms with Crippen LogP contribution in [0.2, 0.25) is 0 Å². The molecule has 7 heteroatoms. The van der Waals surface area contributed by atoms with Crippen LogP contribution in [0.4, 0.5) is 0 Å². The monoisotopic (exact) mass is 437 g/mol. The van der Waals surface area contributed by atoms with E-state index in [9.17, 15) is 14.4 Å². The molecule has 5 rings (SSSR count). The fraction of sp³-hybridized carbons (Fsp3) is 0.458. The second-order valence-corrected chi connectivity index (χ2v) is 9.71. The highest BCUT2D eigenvalue weighted by Gasteiger charge is 2.40. The van der Waals surface area contributed by atoms with E-state index in [1.807, 2.05) is 4.90 Å². The molecule has 0 spiro atoms. The van der Waals surface area contributed by atoms with Gasteiger partial charge in [-0.2, -0.15) is 0 Å². The third kappa shape index (κ3) is 3.92. The number of carbonyl (C=O) groups excluding carboxylic acids is 3. The Morgan fingerprint density at radius 3 is 2.39 bits per heavy atom. The molecule has 2 aliphatic heterocycles. The lowest BCUT2D eigenvalue weighted by atomic mass is 9.94. The number of hydrogen-bond acceptors (Lipinski definition) is 5. The first-order chi connectivity index (χ1) is 15.1. The first kappa shape index (κ1) is 20.4. The maximum Gasteiger partial charge on any atom is 0.261 e. The highest BCUT2D eigenvalue weighted by molar-refractivity contribution is 7.09. The Bertz CT molecular complexity index is 990. The van der Waals surface area contributed by atoms with Crippen LogP contribution < -0.4 is 0 Å². The quantitative estimate of drug-likeness (QED) is 0.686. The summed E-state index contributed by atoms with van der Waals surface area (Å²) in [6.45, 7) is 3.93. The van der Waals surface area contributed by atoms with Crippen molar-refractivity contribution < 1.29 is 14.4 Å². The predicted molar refractivity (Wildman–Crippen MR) is 119 cm³/mol. The Morgan fingerprint density at radius 2 is 1.68 bits per heavy atom. The van der Waals surface area contributed by atoms with Gasteiger partial charge < -0.3 is 4.90 Å². The molecule has 31 heavy (non-hydrogen) atoms. The minimum Gasteiger partial charge on any atom is -0.336 e. The molecule has 1 aromatic heterocycles. The van der Waals surface area contributed by atoms with E-state index in [2.05, 4.69) is 22.4 Å². The van der Waals surface area contributed by atoms with Gasteiger partial charge in [0.2, 0.25) is 0 Å². The molecule has 3 aliphatic rings. The van der Waals surface area contributed by atoms with Gasteiger partial charge in [-0.05, 0) is 42.5 Å². The number of thiophene rings is 1. The number of benzene rings is 1. The highest BCUT2D eigenvalue weighted by atomic mass is 32.1. The second-order valence-electron chi connectivity index (χ2n) is 8.68. The van der Waals surface area contributed by atoms with Crippen molar-refractivity contribution in [1.82, 2.24) is 14.7 Å². The van der Waals surface area contributed by atoms with Crippen molar-refractivity contribution in [3.63, 3.8) is 0 Å².